The molecule has 3 N–H and O–H groups in total. The van der Waals surface area contributed by atoms with Crippen LogP contribution >= 0.6 is 0 Å². The van der Waals surface area contributed by atoms with Crippen molar-refractivity contribution in [3.05, 3.63) is 29.8 Å². The minimum atomic E-state index is -0.216. The maximum Gasteiger partial charge on any atom is 0.318 e. The summed E-state index contributed by atoms with van der Waals surface area (Å²) in [6.45, 7) is 6.56. The molecule has 0 heterocycles. The molecule has 4 nitrogen and oxygen atoms in total. The van der Waals surface area contributed by atoms with Gasteiger partial charge in [0.15, 0.2) is 0 Å². The zero-order chi connectivity index (χ0) is 14.0. The zero-order valence-electron chi connectivity index (χ0n) is 11.9. The molecule has 1 aromatic rings. The van der Waals surface area contributed by atoms with Gasteiger partial charge < -0.3 is 16.0 Å². The number of benzene rings is 1. The van der Waals surface area contributed by atoms with Crippen molar-refractivity contribution >= 4 is 11.7 Å². The van der Waals surface area contributed by atoms with Crippen LogP contribution in [0.15, 0.2) is 24.3 Å². The Kier molecular flexibility index (Phi) is 3.69. The summed E-state index contributed by atoms with van der Waals surface area (Å²) < 4.78 is 0. The number of amides is 2. The highest BCUT2D eigenvalue weighted by atomic mass is 16.2. The standard InChI is InChI=1S/C15H23N3O/c1-15(2,3)17-14(19)18(12-8-9-12)10-11-6-4-5-7-13(11)16/h4-7,12H,8-10,16H2,1-3H3,(H,17,19). The molecule has 0 spiro atoms. The summed E-state index contributed by atoms with van der Waals surface area (Å²) in [5, 5.41) is 3.03. The first-order valence-electron chi connectivity index (χ1n) is 6.79. The molecule has 1 aliphatic rings. The van der Waals surface area contributed by atoms with Gasteiger partial charge in [-0.05, 0) is 45.2 Å². The van der Waals surface area contributed by atoms with Gasteiger partial charge in [0.2, 0.25) is 0 Å². The molecule has 1 aromatic carbocycles. The minimum absolute atomic E-state index is 0.00162. The second-order valence-electron chi connectivity index (χ2n) is 6.24. The third-order valence-electron chi connectivity index (χ3n) is 3.13. The monoisotopic (exact) mass is 261 g/mol. The van der Waals surface area contributed by atoms with Crippen LogP contribution < -0.4 is 11.1 Å². The third-order valence-corrected chi connectivity index (χ3v) is 3.13. The van der Waals surface area contributed by atoms with E-state index in [1.54, 1.807) is 0 Å². The lowest BCUT2D eigenvalue weighted by atomic mass is 10.1. The maximum atomic E-state index is 12.3. The topological polar surface area (TPSA) is 58.4 Å². The molecular weight excluding hydrogens is 238 g/mol. The van der Waals surface area contributed by atoms with Crippen molar-refractivity contribution in [2.24, 2.45) is 0 Å². The van der Waals surface area contributed by atoms with Crippen molar-refractivity contribution < 1.29 is 4.79 Å². The van der Waals surface area contributed by atoms with Crippen LogP contribution in [0, 0.1) is 0 Å². The van der Waals surface area contributed by atoms with Crippen molar-refractivity contribution in [3.8, 4) is 0 Å². The summed E-state index contributed by atoms with van der Waals surface area (Å²) >= 11 is 0. The average Bonchev–Trinajstić information content (AvgIpc) is 3.09. The first-order valence-corrected chi connectivity index (χ1v) is 6.79. The molecular formula is C15H23N3O. The number of para-hydroxylation sites is 1. The summed E-state index contributed by atoms with van der Waals surface area (Å²) in [6.07, 6.45) is 2.18. The molecule has 0 radical (unpaired) electrons. The van der Waals surface area contributed by atoms with Gasteiger partial charge in [0.05, 0.1) is 0 Å². The van der Waals surface area contributed by atoms with Crippen LogP contribution in [-0.4, -0.2) is 22.5 Å². The number of rotatable bonds is 3. The van der Waals surface area contributed by atoms with Gasteiger partial charge in [0, 0.05) is 23.8 Å². The van der Waals surface area contributed by atoms with Crippen molar-refractivity contribution in [1.82, 2.24) is 10.2 Å². The molecule has 1 aliphatic carbocycles. The van der Waals surface area contributed by atoms with Crippen molar-refractivity contribution in [1.29, 1.82) is 0 Å². The Balaban J connectivity index is 2.09. The van der Waals surface area contributed by atoms with E-state index >= 15 is 0 Å². The molecule has 2 amide bonds. The number of nitrogens with two attached hydrogens (primary N) is 1. The minimum Gasteiger partial charge on any atom is -0.398 e. The van der Waals surface area contributed by atoms with Crippen LogP contribution in [0.4, 0.5) is 10.5 Å². The van der Waals surface area contributed by atoms with Crippen LogP contribution in [0.25, 0.3) is 0 Å². The molecule has 0 unspecified atom stereocenters. The second-order valence-corrected chi connectivity index (χ2v) is 6.24. The maximum absolute atomic E-state index is 12.3. The van der Waals surface area contributed by atoms with E-state index in [0.29, 0.717) is 12.6 Å². The molecule has 104 valence electrons. The predicted octanol–water partition coefficient (Wildman–Crippen LogP) is 2.74. The lowest BCUT2D eigenvalue weighted by Crippen LogP contribution is -2.49. The lowest BCUT2D eigenvalue weighted by molar-refractivity contribution is 0.183. The Hall–Kier alpha value is -1.71. The lowest BCUT2D eigenvalue weighted by Gasteiger charge is -2.29. The Morgan fingerprint density at radius 2 is 2.00 bits per heavy atom. The van der Waals surface area contributed by atoms with Gasteiger partial charge in [-0.15, -0.1) is 0 Å². The smallest absolute Gasteiger partial charge is 0.318 e. The summed E-state index contributed by atoms with van der Waals surface area (Å²) in [7, 11) is 0. The largest absolute Gasteiger partial charge is 0.398 e. The zero-order valence-corrected chi connectivity index (χ0v) is 11.9. The van der Waals surface area contributed by atoms with Crippen LogP contribution in [0.5, 0.6) is 0 Å². The van der Waals surface area contributed by atoms with E-state index in [4.69, 9.17) is 5.73 Å². The highest BCUT2D eigenvalue weighted by Gasteiger charge is 2.34. The summed E-state index contributed by atoms with van der Waals surface area (Å²) in [5.74, 6) is 0. The van der Waals surface area contributed by atoms with E-state index in [-0.39, 0.29) is 11.6 Å². The molecule has 19 heavy (non-hydrogen) atoms. The molecule has 2 rings (SSSR count). The average molecular weight is 261 g/mol. The molecule has 0 bridgehead atoms. The number of carbonyl (C=O) groups excluding carboxylic acids is 1. The Bertz CT molecular complexity index is 461. The molecule has 0 atom stereocenters. The number of nitrogen functional groups attached to an aromatic ring is 1. The predicted molar refractivity (Wildman–Crippen MR) is 77.7 cm³/mol. The Morgan fingerprint density at radius 1 is 1.37 bits per heavy atom. The van der Waals surface area contributed by atoms with Crippen LogP contribution in [0.2, 0.25) is 0 Å². The summed E-state index contributed by atoms with van der Waals surface area (Å²) in [5.41, 5.74) is 7.50. The molecule has 1 fully saturated rings. The summed E-state index contributed by atoms with van der Waals surface area (Å²) in [4.78, 5) is 14.2. The van der Waals surface area contributed by atoms with E-state index in [1.807, 2.05) is 49.9 Å². The van der Waals surface area contributed by atoms with E-state index in [9.17, 15) is 4.79 Å². The number of carbonyl (C=O) groups is 1. The van der Waals surface area contributed by atoms with Crippen LogP contribution in [0.3, 0.4) is 0 Å². The van der Waals surface area contributed by atoms with Gasteiger partial charge in [-0.25, -0.2) is 4.79 Å². The first-order chi connectivity index (χ1) is 8.87. The third kappa shape index (κ3) is 3.88. The number of anilines is 1. The molecule has 0 aromatic heterocycles. The number of nitrogens with zero attached hydrogens (tertiary/aromatic N) is 1. The number of urea groups is 1. The highest BCUT2D eigenvalue weighted by molar-refractivity contribution is 5.76. The second kappa shape index (κ2) is 5.11. The Morgan fingerprint density at radius 3 is 2.53 bits per heavy atom. The SMILES string of the molecule is CC(C)(C)NC(=O)N(Cc1ccccc1N)C1CC1. The van der Waals surface area contributed by atoms with Gasteiger partial charge in [-0.2, -0.15) is 0 Å². The fourth-order valence-electron chi connectivity index (χ4n) is 2.01. The summed E-state index contributed by atoms with van der Waals surface area (Å²) in [6, 6.07) is 8.09. The normalized spacial score (nSPS) is 15.1. The fourth-order valence-corrected chi connectivity index (χ4v) is 2.01. The van der Waals surface area contributed by atoms with Crippen molar-refractivity contribution in [2.45, 2.75) is 51.7 Å². The molecule has 0 saturated heterocycles. The van der Waals surface area contributed by atoms with Gasteiger partial charge in [0.1, 0.15) is 0 Å². The number of nitrogens with one attached hydrogen (secondary N) is 1. The quantitative estimate of drug-likeness (QED) is 0.822. The number of hydrogen-bond acceptors (Lipinski definition) is 2. The van der Waals surface area contributed by atoms with Gasteiger partial charge >= 0.3 is 6.03 Å². The van der Waals surface area contributed by atoms with E-state index in [1.165, 1.54) is 0 Å². The van der Waals surface area contributed by atoms with E-state index in [2.05, 4.69) is 5.32 Å². The fraction of sp³-hybridized carbons (Fsp3) is 0.533. The van der Waals surface area contributed by atoms with Crippen LogP contribution in [-0.2, 0) is 6.54 Å². The van der Waals surface area contributed by atoms with Gasteiger partial charge in [-0.3, -0.25) is 0 Å². The Labute approximate surface area is 115 Å². The molecule has 0 aliphatic heterocycles. The van der Waals surface area contributed by atoms with Gasteiger partial charge in [-0.1, -0.05) is 18.2 Å². The van der Waals surface area contributed by atoms with Crippen LogP contribution in [0.1, 0.15) is 39.2 Å². The highest BCUT2D eigenvalue weighted by Crippen LogP contribution is 2.29. The van der Waals surface area contributed by atoms with E-state index in [0.717, 1.165) is 24.1 Å². The van der Waals surface area contributed by atoms with Crippen molar-refractivity contribution in [2.75, 3.05) is 5.73 Å². The molecule has 4 heteroatoms. The first kappa shape index (κ1) is 13.7. The van der Waals surface area contributed by atoms with E-state index < -0.39 is 0 Å². The number of hydrogen-bond donors (Lipinski definition) is 2. The molecule has 1 saturated carbocycles. The van der Waals surface area contributed by atoms with Crippen molar-refractivity contribution in [3.63, 3.8) is 0 Å². The van der Waals surface area contributed by atoms with Gasteiger partial charge in [0.25, 0.3) is 0 Å².